The third-order valence-electron chi connectivity index (χ3n) is 6.54. The van der Waals surface area contributed by atoms with Crippen LogP contribution >= 0.6 is 34.7 Å². The highest BCUT2D eigenvalue weighted by Gasteiger charge is 2.24. The van der Waals surface area contributed by atoms with Crippen LogP contribution in [-0.4, -0.2) is 28.8 Å². The average Bonchev–Trinajstić information content (AvgIpc) is 3.59. The maximum Gasteiger partial charge on any atom is 0.335 e. The molecule has 11 heteroatoms. The van der Waals surface area contributed by atoms with Crippen LogP contribution in [0.2, 0.25) is 5.02 Å². The quantitative estimate of drug-likeness (QED) is 0.0836. The Labute approximate surface area is 278 Å². The third kappa shape index (κ3) is 8.51. The van der Waals surface area contributed by atoms with E-state index in [9.17, 15) is 24.3 Å². The van der Waals surface area contributed by atoms with Crippen LogP contribution in [0.1, 0.15) is 36.4 Å². The molecular formula is C35H26ClN3O5S2. The second-order valence-electron chi connectivity index (χ2n) is 9.77. The molecule has 46 heavy (non-hydrogen) atoms. The van der Waals surface area contributed by atoms with Crippen LogP contribution in [0.3, 0.4) is 0 Å². The largest absolute Gasteiger partial charge is 0.478 e. The molecule has 1 heterocycles. The number of nitrogens with one attached hydrogen (secondary N) is 3. The number of aromatic carboxylic acids is 1. The van der Waals surface area contributed by atoms with E-state index in [1.807, 2.05) is 47.8 Å². The number of thiophene rings is 1. The molecule has 3 amide bonds. The van der Waals surface area contributed by atoms with Gasteiger partial charge < -0.3 is 21.1 Å². The van der Waals surface area contributed by atoms with Gasteiger partial charge in [0, 0.05) is 21.0 Å². The number of thioether (sulfide) groups is 1. The van der Waals surface area contributed by atoms with E-state index in [0.717, 1.165) is 15.3 Å². The van der Waals surface area contributed by atoms with Crippen molar-refractivity contribution in [2.75, 3.05) is 10.6 Å². The molecule has 0 aliphatic carbocycles. The maximum absolute atomic E-state index is 13.5. The van der Waals surface area contributed by atoms with Crippen molar-refractivity contribution in [2.45, 2.75) is 10.1 Å². The van der Waals surface area contributed by atoms with Crippen LogP contribution in [0.25, 0.3) is 6.08 Å². The SMILES string of the molecule is O=C(Nc1ccc(SC(C(=O)Nc2cc(C(=O)O)ccc2Cl)c2ccccc2)cc1)/C(=C/c1cccs1)NC(=O)c1ccccc1. The molecule has 0 bridgehead atoms. The molecule has 1 atom stereocenters. The Balaban J connectivity index is 1.32. The molecule has 5 aromatic rings. The first kappa shape index (κ1) is 32.2. The smallest absolute Gasteiger partial charge is 0.335 e. The van der Waals surface area contributed by atoms with Crippen LogP contribution in [0.4, 0.5) is 11.4 Å². The Morgan fingerprint density at radius 2 is 1.48 bits per heavy atom. The predicted octanol–water partition coefficient (Wildman–Crippen LogP) is 7.98. The van der Waals surface area contributed by atoms with Gasteiger partial charge in [0.1, 0.15) is 10.9 Å². The molecule has 8 nitrogen and oxygen atoms in total. The van der Waals surface area contributed by atoms with Gasteiger partial charge in [-0.25, -0.2) is 4.79 Å². The molecule has 0 saturated carbocycles. The van der Waals surface area contributed by atoms with Crippen molar-refractivity contribution in [3.05, 3.63) is 153 Å². The Kier molecular flexibility index (Phi) is 10.7. The predicted molar refractivity (Wildman–Crippen MR) is 183 cm³/mol. The molecule has 0 aliphatic rings. The molecule has 0 saturated heterocycles. The second-order valence-corrected chi connectivity index (χ2v) is 12.3. The fraction of sp³-hybridized carbons (Fsp3) is 0.0286. The molecule has 4 aromatic carbocycles. The van der Waals surface area contributed by atoms with Crippen molar-refractivity contribution >= 4 is 75.8 Å². The number of carboxylic acid groups (broad SMARTS) is 1. The monoisotopic (exact) mass is 667 g/mol. The summed E-state index contributed by atoms with van der Waals surface area (Å²) >= 11 is 8.97. The number of anilines is 2. The average molecular weight is 668 g/mol. The van der Waals surface area contributed by atoms with Gasteiger partial charge in [0.2, 0.25) is 5.91 Å². The minimum atomic E-state index is -1.14. The standard InChI is InChI=1S/C35H26ClN3O5S2/c36-28-18-13-24(35(43)44)20-29(28)38-34(42)31(22-8-3-1-4-9-22)46-26-16-14-25(15-17-26)37-33(41)30(21-27-12-7-19-45-27)39-32(40)23-10-5-2-6-11-23/h1-21,31H,(H,37,41)(H,38,42)(H,39,40)(H,43,44)/b30-21-. The van der Waals surface area contributed by atoms with Crippen molar-refractivity contribution in [2.24, 2.45) is 0 Å². The summed E-state index contributed by atoms with van der Waals surface area (Å²) in [5, 5.41) is 19.1. The summed E-state index contributed by atoms with van der Waals surface area (Å²) < 4.78 is 0. The molecule has 0 fully saturated rings. The molecular weight excluding hydrogens is 642 g/mol. The van der Waals surface area contributed by atoms with E-state index in [0.29, 0.717) is 11.3 Å². The lowest BCUT2D eigenvalue weighted by atomic mass is 10.1. The van der Waals surface area contributed by atoms with Gasteiger partial charge in [-0.2, -0.15) is 0 Å². The normalized spacial score (nSPS) is 11.7. The number of carbonyl (C=O) groups excluding carboxylic acids is 3. The third-order valence-corrected chi connectivity index (χ3v) is 8.95. The van der Waals surface area contributed by atoms with E-state index in [-0.39, 0.29) is 22.0 Å². The van der Waals surface area contributed by atoms with Crippen LogP contribution in [0.15, 0.2) is 131 Å². The lowest BCUT2D eigenvalue weighted by Gasteiger charge is -2.18. The summed E-state index contributed by atoms with van der Waals surface area (Å²) in [7, 11) is 0. The molecule has 0 aliphatic heterocycles. The maximum atomic E-state index is 13.5. The van der Waals surface area contributed by atoms with Crippen molar-refractivity contribution in [3.8, 4) is 0 Å². The number of hydrogen-bond acceptors (Lipinski definition) is 6. The molecule has 230 valence electrons. The van der Waals surface area contributed by atoms with E-state index in [1.54, 1.807) is 60.7 Å². The minimum absolute atomic E-state index is 0.00530. The highest BCUT2D eigenvalue weighted by Crippen LogP contribution is 2.37. The lowest BCUT2D eigenvalue weighted by Crippen LogP contribution is -2.30. The van der Waals surface area contributed by atoms with Crippen LogP contribution in [-0.2, 0) is 9.59 Å². The van der Waals surface area contributed by atoms with Gasteiger partial charge in [0.25, 0.3) is 11.8 Å². The fourth-order valence-electron chi connectivity index (χ4n) is 4.26. The highest BCUT2D eigenvalue weighted by atomic mass is 35.5. The number of carboxylic acids is 1. The summed E-state index contributed by atoms with van der Waals surface area (Å²) in [4.78, 5) is 52.7. The van der Waals surface area contributed by atoms with E-state index in [2.05, 4.69) is 16.0 Å². The lowest BCUT2D eigenvalue weighted by molar-refractivity contribution is -0.116. The number of rotatable bonds is 11. The first-order chi connectivity index (χ1) is 22.3. The summed E-state index contributed by atoms with van der Waals surface area (Å²) in [6.07, 6.45) is 1.62. The van der Waals surface area contributed by atoms with Gasteiger partial charge in [-0.15, -0.1) is 23.1 Å². The Hall–Kier alpha value is -5.16. The number of benzene rings is 4. The van der Waals surface area contributed by atoms with Gasteiger partial charge in [-0.05, 0) is 77.7 Å². The van der Waals surface area contributed by atoms with E-state index in [4.69, 9.17) is 11.6 Å². The van der Waals surface area contributed by atoms with Crippen molar-refractivity contribution in [3.63, 3.8) is 0 Å². The Morgan fingerprint density at radius 3 is 2.13 bits per heavy atom. The van der Waals surface area contributed by atoms with Crippen molar-refractivity contribution in [1.29, 1.82) is 0 Å². The van der Waals surface area contributed by atoms with Crippen LogP contribution < -0.4 is 16.0 Å². The summed E-state index contributed by atoms with van der Waals surface area (Å²) in [5.74, 6) is -2.44. The molecule has 0 spiro atoms. The zero-order valence-electron chi connectivity index (χ0n) is 24.0. The Morgan fingerprint density at radius 1 is 0.783 bits per heavy atom. The summed E-state index contributed by atoms with van der Waals surface area (Å²) in [6.45, 7) is 0. The first-order valence-corrected chi connectivity index (χ1v) is 16.0. The Bertz CT molecular complexity index is 1880. The first-order valence-electron chi connectivity index (χ1n) is 13.8. The van der Waals surface area contributed by atoms with Gasteiger partial charge in [0.05, 0.1) is 16.3 Å². The number of carbonyl (C=O) groups is 4. The molecule has 1 aromatic heterocycles. The summed E-state index contributed by atoms with van der Waals surface area (Å²) in [5.41, 5.74) is 1.90. The highest BCUT2D eigenvalue weighted by molar-refractivity contribution is 8.00. The second kappa shape index (κ2) is 15.2. The van der Waals surface area contributed by atoms with Gasteiger partial charge in [0.15, 0.2) is 0 Å². The van der Waals surface area contributed by atoms with E-state index >= 15 is 0 Å². The summed E-state index contributed by atoms with van der Waals surface area (Å²) in [6, 6.07) is 32.5. The van der Waals surface area contributed by atoms with E-state index < -0.39 is 28.9 Å². The molecule has 1 unspecified atom stereocenters. The fourth-order valence-corrected chi connectivity index (χ4v) is 6.11. The number of hydrogen-bond donors (Lipinski definition) is 4. The zero-order chi connectivity index (χ0) is 32.5. The number of amides is 3. The zero-order valence-corrected chi connectivity index (χ0v) is 26.4. The molecule has 5 rings (SSSR count). The molecule has 0 radical (unpaired) electrons. The van der Waals surface area contributed by atoms with Crippen molar-refractivity contribution < 1.29 is 24.3 Å². The minimum Gasteiger partial charge on any atom is -0.478 e. The van der Waals surface area contributed by atoms with Gasteiger partial charge in [-0.1, -0.05) is 66.2 Å². The topological polar surface area (TPSA) is 125 Å². The van der Waals surface area contributed by atoms with Gasteiger partial charge >= 0.3 is 5.97 Å². The van der Waals surface area contributed by atoms with Crippen molar-refractivity contribution in [1.82, 2.24) is 5.32 Å². The molecule has 4 N–H and O–H groups in total. The van der Waals surface area contributed by atoms with Crippen LogP contribution in [0, 0.1) is 0 Å². The van der Waals surface area contributed by atoms with E-state index in [1.165, 1.54) is 41.3 Å². The van der Waals surface area contributed by atoms with Gasteiger partial charge in [-0.3, -0.25) is 14.4 Å². The van der Waals surface area contributed by atoms with Crippen LogP contribution in [0.5, 0.6) is 0 Å². The number of halogens is 1.